The largest absolute Gasteiger partial charge is 0.198 e. The van der Waals surface area contributed by atoms with Gasteiger partial charge in [-0.15, -0.1) is 11.6 Å². The highest BCUT2D eigenvalue weighted by Gasteiger charge is 2.05. The molecule has 1 atom stereocenters. The van der Waals surface area contributed by atoms with Gasteiger partial charge in [0.05, 0.1) is 15.6 Å². The van der Waals surface area contributed by atoms with Gasteiger partial charge >= 0.3 is 0 Å². The molecule has 0 aromatic heterocycles. The molecule has 0 radical (unpaired) electrons. The van der Waals surface area contributed by atoms with Gasteiger partial charge < -0.3 is 0 Å². The van der Waals surface area contributed by atoms with Crippen LogP contribution in [0.4, 0.5) is 0 Å². The Morgan fingerprint density at radius 1 is 1.36 bits per heavy atom. The number of alkyl halides is 1. The summed E-state index contributed by atoms with van der Waals surface area (Å²) in [6, 6.07) is 12.6. The maximum Gasteiger partial charge on any atom is 0.0753 e. The third kappa shape index (κ3) is 4.45. The monoisotopic (exact) mass is 223 g/mol. The molecule has 0 heterocycles. The van der Waals surface area contributed by atoms with Gasteiger partial charge in [0.15, 0.2) is 0 Å². The van der Waals surface area contributed by atoms with Crippen LogP contribution in [0.1, 0.15) is 19.3 Å². The molecule has 0 amide bonds. The van der Waals surface area contributed by atoms with Crippen LogP contribution in [0.25, 0.3) is 0 Å². The van der Waals surface area contributed by atoms with E-state index in [-0.39, 0.29) is 9.52 Å². The summed E-state index contributed by atoms with van der Waals surface area (Å²) in [5.41, 5.74) is 0. The van der Waals surface area contributed by atoms with Crippen LogP contribution in [0, 0.1) is 11.3 Å². The smallest absolute Gasteiger partial charge is 0.0753 e. The summed E-state index contributed by atoms with van der Waals surface area (Å²) >= 11 is 6.20. The molecule has 1 unspecified atom stereocenters. The van der Waals surface area contributed by atoms with Crippen LogP contribution in [-0.2, 0) is 0 Å². The third-order valence-corrected chi connectivity index (χ3v) is 4.58. The van der Waals surface area contributed by atoms with Crippen LogP contribution < -0.4 is 5.19 Å². The zero-order chi connectivity index (χ0) is 10.2. The van der Waals surface area contributed by atoms with E-state index in [2.05, 4.69) is 30.3 Å². The van der Waals surface area contributed by atoms with Crippen molar-refractivity contribution in [3.05, 3.63) is 30.3 Å². The fraction of sp³-hybridized carbons (Fsp3) is 0.364. The van der Waals surface area contributed by atoms with E-state index in [9.17, 15) is 0 Å². The SMILES string of the molecule is N#CCCCC(Cl)[SiH2]c1ccccc1. The number of nitriles is 1. The molecule has 0 aliphatic rings. The van der Waals surface area contributed by atoms with Crippen LogP contribution in [0.2, 0.25) is 0 Å². The van der Waals surface area contributed by atoms with Crippen LogP contribution in [0.15, 0.2) is 30.3 Å². The highest BCUT2D eigenvalue weighted by atomic mass is 35.5. The van der Waals surface area contributed by atoms with E-state index in [0.29, 0.717) is 11.4 Å². The Kier molecular flexibility index (Phi) is 5.35. The normalized spacial score (nSPS) is 12.9. The van der Waals surface area contributed by atoms with Crippen molar-refractivity contribution in [1.29, 1.82) is 5.26 Å². The molecule has 1 nitrogen and oxygen atoms in total. The molecule has 14 heavy (non-hydrogen) atoms. The Balaban J connectivity index is 2.28. The van der Waals surface area contributed by atoms with Crippen molar-refractivity contribution in [1.82, 2.24) is 0 Å². The summed E-state index contributed by atoms with van der Waals surface area (Å²) < 4.78 is 0. The van der Waals surface area contributed by atoms with Gasteiger partial charge in [-0.25, -0.2) is 0 Å². The fourth-order valence-electron chi connectivity index (χ4n) is 1.37. The quantitative estimate of drug-likeness (QED) is 0.424. The molecule has 0 fully saturated rings. The Hall–Kier alpha value is -0.783. The molecule has 0 N–H and O–H groups in total. The number of hydrogen-bond donors (Lipinski definition) is 0. The molecule has 74 valence electrons. The van der Waals surface area contributed by atoms with Crippen LogP contribution in [-0.4, -0.2) is 14.5 Å². The number of rotatable bonds is 5. The highest BCUT2D eigenvalue weighted by molar-refractivity contribution is 6.64. The van der Waals surface area contributed by atoms with Crippen molar-refractivity contribution in [2.45, 2.75) is 24.3 Å². The second-order valence-electron chi connectivity index (χ2n) is 3.34. The van der Waals surface area contributed by atoms with Gasteiger partial charge in [0.2, 0.25) is 0 Å². The van der Waals surface area contributed by atoms with E-state index in [1.165, 1.54) is 5.19 Å². The average molecular weight is 224 g/mol. The molecule has 1 aromatic carbocycles. The van der Waals surface area contributed by atoms with E-state index >= 15 is 0 Å². The Morgan fingerprint density at radius 2 is 2.07 bits per heavy atom. The summed E-state index contributed by atoms with van der Waals surface area (Å²) in [5.74, 6) is 0. The van der Waals surface area contributed by atoms with Gasteiger partial charge in [0.1, 0.15) is 0 Å². The first-order chi connectivity index (χ1) is 6.83. The van der Waals surface area contributed by atoms with Gasteiger partial charge in [-0.2, -0.15) is 5.26 Å². The molecule has 1 aromatic rings. The van der Waals surface area contributed by atoms with E-state index in [0.717, 1.165) is 12.8 Å². The molecule has 0 aliphatic heterocycles. The van der Waals surface area contributed by atoms with E-state index in [1.54, 1.807) is 0 Å². The zero-order valence-electron chi connectivity index (χ0n) is 8.12. The first-order valence-electron chi connectivity index (χ1n) is 4.88. The molecule has 0 saturated heterocycles. The summed E-state index contributed by atoms with van der Waals surface area (Å²) in [7, 11) is -0.359. The standard InChI is InChI=1S/C11H14ClNSi/c12-11(8-4-5-9-13)14-10-6-2-1-3-7-10/h1-3,6-7,11H,4-5,8,14H2. The molecule has 0 spiro atoms. The molecule has 0 saturated carbocycles. The minimum absolute atomic E-state index is 0.297. The first-order valence-corrected chi connectivity index (χ1v) is 6.84. The lowest BCUT2D eigenvalue weighted by Gasteiger charge is -2.06. The van der Waals surface area contributed by atoms with Gasteiger partial charge in [-0.3, -0.25) is 0 Å². The number of benzene rings is 1. The number of hydrogen-bond acceptors (Lipinski definition) is 1. The second kappa shape index (κ2) is 6.64. The van der Waals surface area contributed by atoms with Crippen molar-refractivity contribution in [3.63, 3.8) is 0 Å². The van der Waals surface area contributed by atoms with Crippen molar-refractivity contribution in [3.8, 4) is 6.07 Å². The molecule has 0 aliphatic carbocycles. The van der Waals surface area contributed by atoms with Crippen molar-refractivity contribution < 1.29 is 0 Å². The van der Waals surface area contributed by atoms with Crippen molar-refractivity contribution in [2.75, 3.05) is 0 Å². The third-order valence-electron chi connectivity index (χ3n) is 2.11. The number of nitrogens with zero attached hydrogens (tertiary/aromatic N) is 1. The summed E-state index contributed by atoms with van der Waals surface area (Å²) in [4.78, 5) is 0. The lowest BCUT2D eigenvalue weighted by Crippen LogP contribution is -2.23. The average Bonchev–Trinajstić information content (AvgIpc) is 2.20. The van der Waals surface area contributed by atoms with Crippen molar-refractivity contribution >= 4 is 26.3 Å². The van der Waals surface area contributed by atoms with E-state index < -0.39 is 0 Å². The molecule has 0 bridgehead atoms. The maximum absolute atomic E-state index is 8.39. The molecule has 1 rings (SSSR count). The predicted octanol–water partition coefficient (Wildman–Crippen LogP) is 1.74. The van der Waals surface area contributed by atoms with Gasteiger partial charge in [-0.05, 0) is 12.8 Å². The summed E-state index contributed by atoms with van der Waals surface area (Å²) in [6.07, 6.45) is 2.55. The lowest BCUT2D eigenvalue weighted by molar-refractivity contribution is 0.799. The van der Waals surface area contributed by atoms with Crippen LogP contribution in [0.5, 0.6) is 0 Å². The van der Waals surface area contributed by atoms with Gasteiger partial charge in [0.25, 0.3) is 0 Å². The Morgan fingerprint density at radius 3 is 2.71 bits per heavy atom. The van der Waals surface area contributed by atoms with Gasteiger partial charge in [-0.1, -0.05) is 35.5 Å². The maximum atomic E-state index is 8.39. The van der Waals surface area contributed by atoms with Crippen molar-refractivity contribution in [2.24, 2.45) is 0 Å². The summed E-state index contributed by atoms with van der Waals surface area (Å²) in [5, 5.41) is 10.1. The van der Waals surface area contributed by atoms with Crippen LogP contribution in [0.3, 0.4) is 0 Å². The molecular formula is C11H14ClNSi. The Labute approximate surface area is 92.5 Å². The number of halogens is 1. The zero-order valence-corrected chi connectivity index (χ0v) is 10.3. The fourth-order valence-corrected chi connectivity index (χ4v) is 3.61. The first kappa shape index (κ1) is 11.3. The lowest BCUT2D eigenvalue weighted by atomic mass is 10.3. The number of unbranched alkanes of at least 4 members (excludes halogenated alkanes) is 1. The predicted molar refractivity (Wildman–Crippen MR) is 63.7 cm³/mol. The Bertz CT molecular complexity index is 294. The topological polar surface area (TPSA) is 23.8 Å². The van der Waals surface area contributed by atoms with Crippen LogP contribution >= 0.6 is 11.6 Å². The summed E-state index contributed by atoms with van der Waals surface area (Å²) in [6.45, 7) is 0. The highest BCUT2D eigenvalue weighted by Crippen LogP contribution is 2.05. The van der Waals surface area contributed by atoms with Gasteiger partial charge in [0, 0.05) is 11.4 Å². The minimum Gasteiger partial charge on any atom is -0.198 e. The minimum atomic E-state index is -0.359. The second-order valence-corrected chi connectivity index (χ2v) is 6.68. The van der Waals surface area contributed by atoms with E-state index in [4.69, 9.17) is 16.9 Å². The molecule has 3 heteroatoms. The molecular weight excluding hydrogens is 210 g/mol. The van der Waals surface area contributed by atoms with E-state index in [1.807, 2.05) is 6.07 Å².